The predicted molar refractivity (Wildman–Crippen MR) is 70.1 cm³/mol. The minimum Gasteiger partial charge on any atom is -0.332 e. The quantitative estimate of drug-likeness (QED) is 0.877. The molecule has 1 aromatic carbocycles. The molecule has 18 heavy (non-hydrogen) atoms. The number of nitrogens with two attached hydrogens (primary N) is 1. The lowest BCUT2D eigenvalue weighted by Gasteiger charge is -2.20. The first kappa shape index (κ1) is 12.7. The van der Waals surface area contributed by atoms with E-state index in [0.29, 0.717) is 25.3 Å². The highest BCUT2D eigenvalue weighted by Gasteiger charge is 2.17. The smallest absolute Gasteiger partial charge is 0.275 e. The third-order valence-electron chi connectivity index (χ3n) is 2.48. The molecule has 0 aliphatic heterocycles. The molecule has 2 N–H and O–H groups in total. The SMILES string of the molecule is NCCN(Cc1ccccc1)C(=O)c1cnsn1. The summed E-state index contributed by atoms with van der Waals surface area (Å²) in [7, 11) is 0. The van der Waals surface area contributed by atoms with E-state index in [1.54, 1.807) is 4.90 Å². The van der Waals surface area contributed by atoms with Gasteiger partial charge in [-0.25, -0.2) is 0 Å². The van der Waals surface area contributed by atoms with Gasteiger partial charge in [0, 0.05) is 19.6 Å². The third kappa shape index (κ3) is 3.12. The van der Waals surface area contributed by atoms with Crippen LogP contribution in [0, 0.1) is 0 Å². The van der Waals surface area contributed by atoms with E-state index in [9.17, 15) is 4.79 Å². The van der Waals surface area contributed by atoms with Crippen molar-refractivity contribution in [3.63, 3.8) is 0 Å². The van der Waals surface area contributed by atoms with Crippen LogP contribution in [-0.4, -0.2) is 32.6 Å². The predicted octanol–water partition coefficient (Wildman–Crippen LogP) is 1.14. The second-order valence-electron chi connectivity index (χ2n) is 3.79. The van der Waals surface area contributed by atoms with Gasteiger partial charge >= 0.3 is 0 Å². The fourth-order valence-corrected chi connectivity index (χ4v) is 2.04. The van der Waals surface area contributed by atoms with Gasteiger partial charge in [0.05, 0.1) is 17.9 Å². The Labute approximate surface area is 110 Å². The summed E-state index contributed by atoms with van der Waals surface area (Å²) in [6, 6.07) is 9.81. The summed E-state index contributed by atoms with van der Waals surface area (Å²) in [4.78, 5) is 13.9. The first-order valence-corrected chi connectivity index (χ1v) is 6.35. The lowest BCUT2D eigenvalue weighted by molar-refractivity contribution is 0.0743. The van der Waals surface area contributed by atoms with E-state index in [4.69, 9.17) is 5.73 Å². The summed E-state index contributed by atoms with van der Waals surface area (Å²) >= 11 is 1.03. The van der Waals surface area contributed by atoms with Crippen LogP contribution in [-0.2, 0) is 6.54 Å². The normalized spacial score (nSPS) is 10.3. The molecule has 1 aromatic heterocycles. The molecular weight excluding hydrogens is 248 g/mol. The van der Waals surface area contributed by atoms with Gasteiger partial charge < -0.3 is 10.6 Å². The number of nitrogens with zero attached hydrogens (tertiary/aromatic N) is 3. The number of rotatable bonds is 5. The number of benzene rings is 1. The summed E-state index contributed by atoms with van der Waals surface area (Å²) in [5, 5.41) is 0. The maximum Gasteiger partial charge on any atom is 0.275 e. The zero-order chi connectivity index (χ0) is 12.8. The van der Waals surface area contributed by atoms with Crippen molar-refractivity contribution in [1.82, 2.24) is 13.6 Å². The van der Waals surface area contributed by atoms with Crippen LogP contribution in [0.25, 0.3) is 0 Å². The van der Waals surface area contributed by atoms with Crippen LogP contribution in [0.3, 0.4) is 0 Å². The summed E-state index contributed by atoms with van der Waals surface area (Å²) in [5.74, 6) is -0.127. The van der Waals surface area contributed by atoms with Gasteiger partial charge in [-0.3, -0.25) is 4.79 Å². The summed E-state index contributed by atoms with van der Waals surface area (Å²) < 4.78 is 7.80. The molecule has 0 atom stereocenters. The van der Waals surface area contributed by atoms with E-state index in [1.807, 2.05) is 30.3 Å². The van der Waals surface area contributed by atoms with Crippen molar-refractivity contribution in [1.29, 1.82) is 0 Å². The monoisotopic (exact) mass is 262 g/mol. The van der Waals surface area contributed by atoms with Crippen LogP contribution < -0.4 is 5.73 Å². The second-order valence-corrected chi connectivity index (χ2v) is 4.35. The number of hydrogen-bond acceptors (Lipinski definition) is 5. The number of carbonyl (C=O) groups is 1. The van der Waals surface area contributed by atoms with Crippen molar-refractivity contribution < 1.29 is 4.79 Å². The van der Waals surface area contributed by atoms with Crippen LogP contribution in [0.5, 0.6) is 0 Å². The highest BCUT2D eigenvalue weighted by atomic mass is 32.1. The first-order chi connectivity index (χ1) is 8.81. The number of hydrogen-bond donors (Lipinski definition) is 1. The van der Waals surface area contributed by atoms with Crippen LogP contribution in [0.2, 0.25) is 0 Å². The van der Waals surface area contributed by atoms with Crippen molar-refractivity contribution in [3.8, 4) is 0 Å². The molecule has 0 bridgehead atoms. The topological polar surface area (TPSA) is 72.1 Å². The Morgan fingerprint density at radius 2 is 2.11 bits per heavy atom. The van der Waals surface area contributed by atoms with E-state index in [-0.39, 0.29) is 5.91 Å². The molecule has 0 saturated heterocycles. The molecule has 0 spiro atoms. The summed E-state index contributed by atoms with van der Waals surface area (Å²) in [6.07, 6.45) is 1.49. The zero-order valence-corrected chi connectivity index (χ0v) is 10.6. The Morgan fingerprint density at radius 3 is 2.72 bits per heavy atom. The van der Waals surface area contributed by atoms with Gasteiger partial charge in [-0.2, -0.15) is 8.75 Å². The molecule has 5 nitrogen and oxygen atoms in total. The maximum absolute atomic E-state index is 12.2. The minimum absolute atomic E-state index is 0.127. The van der Waals surface area contributed by atoms with E-state index in [2.05, 4.69) is 8.75 Å². The third-order valence-corrected chi connectivity index (χ3v) is 2.96. The van der Waals surface area contributed by atoms with Crippen molar-refractivity contribution in [3.05, 3.63) is 47.8 Å². The van der Waals surface area contributed by atoms with Gasteiger partial charge in [0.1, 0.15) is 0 Å². The van der Waals surface area contributed by atoms with Gasteiger partial charge in [0.15, 0.2) is 5.69 Å². The Kier molecular flexibility index (Phi) is 4.38. The Hall–Kier alpha value is -1.79. The molecule has 2 rings (SSSR count). The van der Waals surface area contributed by atoms with Crippen LogP contribution in [0.1, 0.15) is 16.1 Å². The van der Waals surface area contributed by atoms with E-state index in [1.165, 1.54) is 6.20 Å². The Balaban J connectivity index is 2.11. The molecule has 94 valence electrons. The number of aromatic nitrogens is 2. The van der Waals surface area contributed by atoms with Crippen molar-refractivity contribution in [2.45, 2.75) is 6.54 Å². The standard InChI is InChI=1S/C12H14N4OS/c13-6-7-16(9-10-4-2-1-3-5-10)12(17)11-8-14-18-15-11/h1-5,8H,6-7,9,13H2. The van der Waals surface area contributed by atoms with E-state index < -0.39 is 0 Å². The lowest BCUT2D eigenvalue weighted by atomic mass is 10.2. The van der Waals surface area contributed by atoms with E-state index in [0.717, 1.165) is 17.3 Å². The lowest BCUT2D eigenvalue weighted by Crippen LogP contribution is -2.35. The summed E-state index contributed by atoms with van der Waals surface area (Å²) in [5.41, 5.74) is 7.00. The zero-order valence-electron chi connectivity index (χ0n) is 9.82. The van der Waals surface area contributed by atoms with Crippen molar-refractivity contribution in [2.75, 3.05) is 13.1 Å². The van der Waals surface area contributed by atoms with Crippen LogP contribution in [0.4, 0.5) is 0 Å². The van der Waals surface area contributed by atoms with Crippen molar-refractivity contribution in [2.24, 2.45) is 5.73 Å². The fraction of sp³-hybridized carbons (Fsp3) is 0.250. The average Bonchev–Trinajstić information content (AvgIpc) is 2.92. The largest absolute Gasteiger partial charge is 0.332 e. The maximum atomic E-state index is 12.2. The highest BCUT2D eigenvalue weighted by Crippen LogP contribution is 2.08. The van der Waals surface area contributed by atoms with Gasteiger partial charge in [-0.05, 0) is 5.56 Å². The Bertz CT molecular complexity index is 486. The molecule has 0 unspecified atom stereocenters. The molecule has 0 aliphatic carbocycles. The molecule has 0 saturated carbocycles. The molecule has 6 heteroatoms. The second kappa shape index (κ2) is 6.23. The first-order valence-electron chi connectivity index (χ1n) is 5.62. The molecule has 0 aliphatic rings. The van der Waals surface area contributed by atoms with Gasteiger partial charge in [0.25, 0.3) is 5.91 Å². The van der Waals surface area contributed by atoms with E-state index >= 15 is 0 Å². The van der Waals surface area contributed by atoms with Crippen LogP contribution in [0.15, 0.2) is 36.5 Å². The van der Waals surface area contributed by atoms with Crippen LogP contribution >= 0.6 is 11.7 Å². The van der Waals surface area contributed by atoms with Gasteiger partial charge in [-0.15, -0.1) is 0 Å². The highest BCUT2D eigenvalue weighted by molar-refractivity contribution is 6.99. The molecule has 2 aromatic rings. The molecular formula is C12H14N4OS. The average molecular weight is 262 g/mol. The number of amides is 1. The molecule has 0 radical (unpaired) electrons. The molecule has 0 fully saturated rings. The fourth-order valence-electron chi connectivity index (χ4n) is 1.63. The Morgan fingerprint density at radius 1 is 1.33 bits per heavy atom. The minimum atomic E-state index is -0.127. The van der Waals surface area contributed by atoms with Gasteiger partial charge in [-0.1, -0.05) is 30.3 Å². The van der Waals surface area contributed by atoms with Gasteiger partial charge in [0.2, 0.25) is 0 Å². The molecule has 1 heterocycles. The summed E-state index contributed by atoms with van der Waals surface area (Å²) in [6.45, 7) is 1.47. The molecule has 1 amide bonds. The number of carbonyl (C=O) groups excluding carboxylic acids is 1. The van der Waals surface area contributed by atoms with Crippen molar-refractivity contribution >= 4 is 17.6 Å².